The van der Waals surface area contributed by atoms with Gasteiger partial charge in [0.1, 0.15) is 15.8 Å². The number of nitrogens with zero attached hydrogens (tertiary/aromatic N) is 11. The molecule has 0 aromatic carbocycles. The fraction of sp³-hybridized carbons (Fsp3) is 0.553. The van der Waals surface area contributed by atoms with Gasteiger partial charge in [-0.05, 0) is 118 Å². The van der Waals surface area contributed by atoms with Gasteiger partial charge >= 0.3 is 0 Å². The van der Waals surface area contributed by atoms with Crippen LogP contribution in [0, 0.1) is 96.9 Å². The lowest BCUT2D eigenvalue weighted by Crippen LogP contribution is -2.27. The summed E-state index contributed by atoms with van der Waals surface area (Å²) < 4.78 is 4.86. The molecule has 7 aromatic rings. The quantitative estimate of drug-likeness (QED) is 0.150. The number of aromatic nitrogens is 11. The average molecular weight is 1050 g/mol. The lowest BCUT2D eigenvalue weighted by molar-refractivity contribution is -0.120. The molecule has 69 heavy (non-hydrogen) atoms. The van der Waals surface area contributed by atoms with E-state index >= 15 is 0 Å². The largest absolute Gasteiger partial charge is 0.426 e. The first-order chi connectivity index (χ1) is 32.0. The van der Waals surface area contributed by atoms with Crippen molar-refractivity contribution in [1.82, 2.24) is 71.5 Å². The van der Waals surface area contributed by atoms with Crippen molar-refractivity contribution in [3.05, 3.63) is 104 Å². The van der Waals surface area contributed by atoms with Crippen molar-refractivity contribution in [2.24, 2.45) is 0 Å². The summed E-state index contributed by atoms with van der Waals surface area (Å²) in [7, 11) is 1.95. The van der Waals surface area contributed by atoms with Gasteiger partial charge in [0.05, 0.1) is 31.9 Å². The summed E-state index contributed by atoms with van der Waals surface area (Å²) in [6, 6.07) is 1.19. The predicted molar refractivity (Wildman–Crippen MR) is 291 cm³/mol. The predicted octanol–water partition coefficient (Wildman–Crippen LogP) is 11.0. The first kappa shape index (κ1) is 68.4. The van der Waals surface area contributed by atoms with Gasteiger partial charge in [-0.2, -0.15) is 5.10 Å². The highest BCUT2D eigenvalue weighted by atomic mass is 32.1. The first-order valence-electron chi connectivity index (χ1n) is 22.0. The Morgan fingerprint density at radius 2 is 0.754 bits per heavy atom. The Balaban J connectivity index is -0.000000703. The van der Waals surface area contributed by atoms with Crippen LogP contribution >= 0.6 is 56.7 Å². The summed E-state index contributed by atoms with van der Waals surface area (Å²) in [6.45, 7) is 42.4. The Morgan fingerprint density at radius 3 is 0.841 bits per heavy atom. The van der Waals surface area contributed by atoms with Gasteiger partial charge in [0.2, 0.25) is 23.6 Å². The van der Waals surface area contributed by atoms with E-state index in [1.165, 1.54) is 33.4 Å². The third-order valence-corrected chi connectivity index (χ3v) is 10.6. The molecule has 0 saturated heterocycles. The van der Waals surface area contributed by atoms with Gasteiger partial charge in [-0.1, -0.05) is 13.8 Å². The van der Waals surface area contributed by atoms with Gasteiger partial charge < -0.3 is 20.4 Å². The van der Waals surface area contributed by atoms with Crippen molar-refractivity contribution in [2.45, 2.75) is 170 Å². The summed E-state index contributed by atoms with van der Waals surface area (Å²) in [4.78, 5) is 45.6. The highest BCUT2D eigenvalue weighted by Crippen LogP contribution is 2.10. The molecule has 3 N–H and O–H groups in total. The van der Waals surface area contributed by atoms with Gasteiger partial charge in [-0.15, -0.1) is 82.2 Å². The smallest absolute Gasteiger partial charge is 0.217 e. The van der Waals surface area contributed by atoms with Crippen molar-refractivity contribution in [2.75, 3.05) is 7.05 Å². The van der Waals surface area contributed by atoms with E-state index in [-0.39, 0.29) is 23.9 Å². The fourth-order valence-corrected chi connectivity index (χ4v) is 7.27. The number of thiazole rings is 4. The van der Waals surface area contributed by atoms with Crippen LogP contribution in [0.4, 0.5) is 0 Å². The van der Waals surface area contributed by atoms with Crippen LogP contribution in [0.3, 0.4) is 0 Å². The normalized spacial score (nSPS) is 9.36. The van der Waals surface area contributed by atoms with E-state index in [2.05, 4.69) is 113 Å². The maximum Gasteiger partial charge on any atom is 0.217 e. The second-order valence-corrected chi connectivity index (χ2v) is 22.6. The van der Waals surface area contributed by atoms with Crippen LogP contribution < -0.4 is 16.0 Å². The summed E-state index contributed by atoms with van der Waals surface area (Å²) in [5.41, 5.74) is 0.914. The number of rotatable bonds is 3. The molecule has 0 fully saturated rings. The molecule has 17 nitrogen and oxygen atoms in total. The highest BCUT2D eigenvalue weighted by Gasteiger charge is 1.93. The summed E-state index contributed by atoms with van der Waals surface area (Å²) in [5.74, 6) is 2.05. The minimum absolute atomic E-state index is 0.0370. The van der Waals surface area contributed by atoms with Crippen LogP contribution in [-0.2, 0) is 9.59 Å². The van der Waals surface area contributed by atoms with Crippen LogP contribution in [0.1, 0.15) is 128 Å². The Kier molecular flexibility index (Phi) is 40.6. The zero-order chi connectivity index (χ0) is 53.6. The van der Waals surface area contributed by atoms with E-state index in [1.54, 1.807) is 76.7 Å². The minimum atomic E-state index is 0.0370. The first-order valence-corrected chi connectivity index (χ1v) is 26.1. The molecule has 2 amide bonds. The van der Waals surface area contributed by atoms with Gasteiger partial charge in [-0.25, -0.2) is 24.9 Å². The third-order valence-electron chi connectivity index (χ3n) is 6.55. The number of hydrogen-bond acceptors (Lipinski definition) is 20. The standard InChI is InChI=1S/C5H7N3.2C5H11NO.4C5H7NS.C4H6N2O.C4H6N2S.C4H11N/c1-4-3-6-8-5(2)7-4;2*1-4(2)6-5(3)7;4*1-4-3-6-5(2)7-4;2*1-3-5-6-4(2)7-3;1-4(2)5-3/h3H,1-2H3;2*4H,1-3H3,(H,6,7);4*3H,1-2H3;2*1-2H3;4-5H,1-3H3. The maximum absolute atomic E-state index is 10.1. The Hall–Kier alpha value is -4.87. The molecule has 7 rings (SSSR count). The molecule has 0 aliphatic rings. The zero-order valence-electron chi connectivity index (χ0n) is 45.3. The van der Waals surface area contributed by atoms with Gasteiger partial charge in [0.15, 0.2) is 0 Å². The molecule has 7 heterocycles. The van der Waals surface area contributed by atoms with Crippen LogP contribution in [0.25, 0.3) is 0 Å². The fourth-order valence-electron chi connectivity index (χ4n) is 3.98. The molecule has 22 heteroatoms. The van der Waals surface area contributed by atoms with Gasteiger partial charge in [-0.3, -0.25) is 9.59 Å². The second kappa shape index (κ2) is 41.0. The van der Waals surface area contributed by atoms with E-state index in [1.807, 2.05) is 115 Å². The summed E-state index contributed by atoms with van der Waals surface area (Å²) >= 11 is 8.55. The lowest BCUT2D eigenvalue weighted by atomic mass is 10.4. The molecule has 0 radical (unpaired) electrons. The number of nitrogens with one attached hydrogen (secondary N) is 3. The Morgan fingerprint density at radius 1 is 0.449 bits per heavy atom. The third kappa shape index (κ3) is 49.4. The van der Waals surface area contributed by atoms with Crippen molar-refractivity contribution in [3.63, 3.8) is 0 Å². The average Bonchev–Trinajstić information content (AvgIpc) is 4.11. The SMILES string of the molecule is CC(=O)NC(C)C.CC(=O)NC(C)C.CNC(C)C.Cc1cnc(C)s1.Cc1cnc(C)s1.Cc1cnc(C)s1.Cc1cnc(C)s1.Cc1cnnc(C)n1.Cc1nnc(C)o1.Cc1nnc(C)s1. The van der Waals surface area contributed by atoms with E-state index in [0.29, 0.717) is 17.8 Å². The second-order valence-electron chi connectivity index (χ2n) is 15.4. The molecule has 0 aliphatic heterocycles. The highest BCUT2D eigenvalue weighted by molar-refractivity contribution is 7.12. The van der Waals surface area contributed by atoms with Crippen molar-refractivity contribution in [3.8, 4) is 0 Å². The van der Waals surface area contributed by atoms with Crippen LogP contribution in [0.15, 0.2) is 35.4 Å². The molecule has 386 valence electrons. The summed E-state index contributed by atoms with van der Waals surface area (Å²) in [6.07, 6.45) is 9.19. The Labute approximate surface area is 432 Å². The number of amides is 2. The number of hydrogen-bond donors (Lipinski definition) is 3. The van der Waals surface area contributed by atoms with Crippen molar-refractivity contribution in [1.29, 1.82) is 0 Å². The maximum atomic E-state index is 10.1. The van der Waals surface area contributed by atoms with E-state index < -0.39 is 0 Å². The topological polar surface area (TPSA) is 225 Å². The molecule has 7 aromatic heterocycles. The number of carbonyl (C=O) groups excluding carboxylic acids is 2. The summed E-state index contributed by atoms with van der Waals surface area (Å²) in [5, 5.41) is 37.2. The molecule has 0 aliphatic carbocycles. The molecular formula is C47H80N14O3S5. The number of aryl methyl sites for hydroxylation is 14. The molecule has 0 saturated carbocycles. The van der Waals surface area contributed by atoms with Crippen molar-refractivity contribution < 1.29 is 14.0 Å². The Bertz CT molecular complexity index is 1900. The number of carbonyl (C=O) groups is 2. The minimum Gasteiger partial charge on any atom is -0.426 e. The van der Waals surface area contributed by atoms with E-state index in [0.717, 1.165) is 41.6 Å². The van der Waals surface area contributed by atoms with Gasteiger partial charge in [0, 0.05) is 90.1 Å². The van der Waals surface area contributed by atoms with E-state index in [9.17, 15) is 9.59 Å². The molecule has 0 unspecified atom stereocenters. The monoisotopic (exact) mass is 1050 g/mol. The van der Waals surface area contributed by atoms with Crippen LogP contribution in [0.2, 0.25) is 0 Å². The lowest BCUT2D eigenvalue weighted by Gasteiger charge is -2.02. The van der Waals surface area contributed by atoms with Crippen molar-refractivity contribution >= 4 is 68.5 Å². The zero-order valence-corrected chi connectivity index (χ0v) is 49.4. The van der Waals surface area contributed by atoms with Crippen LogP contribution in [0.5, 0.6) is 0 Å². The van der Waals surface area contributed by atoms with Crippen LogP contribution in [-0.4, -0.2) is 92.5 Å². The van der Waals surface area contributed by atoms with E-state index in [4.69, 9.17) is 4.42 Å². The molecule has 0 atom stereocenters. The molecule has 0 bridgehead atoms. The molecular weight excluding hydrogens is 969 g/mol. The molecule has 0 spiro atoms. The van der Waals surface area contributed by atoms with Gasteiger partial charge in [0.25, 0.3) is 0 Å².